The predicted molar refractivity (Wildman–Crippen MR) is 448 cm³/mol. The van der Waals surface area contributed by atoms with E-state index in [0.29, 0.717) is 143 Å². The average Bonchev–Trinajstić information content (AvgIpc) is 0.828. The molecule has 4 aromatic carbocycles. The van der Waals surface area contributed by atoms with Crippen LogP contribution in [-0.2, 0) is 93.2 Å². The number of aromatic carboxylic acids is 1. The lowest BCUT2D eigenvalue weighted by molar-refractivity contribution is 0.0410. The standard InChI is InChI=1S/3C22H29N3O5.C16H26N2O4.C6H5NO2/c3*1-29-21-18(4-5-19(15-26)20(21)16-27)14-25-9-7-24(8-10-25)11-12-30-22(28)17-3-2-6-23-13-17;1-22-16-13(2-3-14(11-20)15(16)12-21)10-18-6-4-17(5-7-18)8-9-19;8-6(9)5-2-1-3-7-4-5/h3*2-6,13,26-27H,7-12,14-16H2,1H3;2-3,19-21H,4-12H2,1H3;1-4H,(H,8,9). The molecule has 8 heterocycles. The molecular weight excluding hydrogens is 1560 g/mol. The number of pyridine rings is 4. The van der Waals surface area contributed by atoms with E-state index in [0.717, 1.165) is 140 Å². The zero-order chi connectivity index (χ0) is 86.7. The van der Waals surface area contributed by atoms with Crippen molar-refractivity contribution in [1.29, 1.82) is 0 Å². The second kappa shape index (κ2) is 52.9. The second-order valence-electron chi connectivity index (χ2n) is 28.7. The Kier molecular flexibility index (Phi) is 42.1. The first-order valence-corrected chi connectivity index (χ1v) is 40.3. The Morgan fingerprint density at radius 3 is 0.686 bits per heavy atom. The summed E-state index contributed by atoms with van der Waals surface area (Å²) in [5.74, 6) is 0.630. The summed E-state index contributed by atoms with van der Waals surface area (Å²) in [5, 5.41) is 93.6. The van der Waals surface area contributed by atoms with Crippen molar-refractivity contribution in [3.63, 3.8) is 0 Å². The van der Waals surface area contributed by atoms with Crippen LogP contribution in [-0.4, -0.2) is 320 Å². The SMILES string of the molecule is COc1c(CN2CCN(CCO)CC2)ccc(CO)c1CO.COc1c(CN2CCN(CCOC(=O)c3cccnc3)CC2)ccc(CO)c1CO.COc1c(CN2CCN(CCOC(=O)c3cccnc3)CC2)ccc(CO)c1CO.COc1c(CN2CCN(CCOC(=O)c3cccnc3)CC2)ccc(CO)c1CO.O=C(O)c1cccnc1. The molecule has 0 unspecified atom stereocenters. The number of esters is 3. The third kappa shape index (κ3) is 29.9. The topological polar surface area (TPSA) is 413 Å². The number of carboxylic acids is 1. The number of carboxylic acid groups (broad SMARTS) is 1. The van der Waals surface area contributed by atoms with Crippen molar-refractivity contribution in [2.45, 2.75) is 79.0 Å². The monoisotopic (exact) mass is 1680 g/mol. The summed E-state index contributed by atoms with van der Waals surface area (Å²) < 4.78 is 38.0. The van der Waals surface area contributed by atoms with Gasteiger partial charge in [0, 0.05) is 251 Å². The van der Waals surface area contributed by atoms with Gasteiger partial charge in [-0.1, -0.05) is 48.5 Å². The number of aliphatic hydroxyl groups excluding tert-OH is 9. The molecule has 8 aromatic rings. The fourth-order valence-electron chi connectivity index (χ4n) is 14.5. The molecule has 0 spiro atoms. The van der Waals surface area contributed by atoms with Crippen LogP contribution in [0, 0.1) is 0 Å². The number of hydrogen-bond donors (Lipinski definition) is 10. The minimum atomic E-state index is -0.942. The van der Waals surface area contributed by atoms with Gasteiger partial charge in [0.2, 0.25) is 0 Å². The summed E-state index contributed by atoms with van der Waals surface area (Å²) in [4.78, 5) is 79.9. The summed E-state index contributed by atoms with van der Waals surface area (Å²) in [7, 11) is 6.36. The number of aromatic nitrogens is 4. The number of piperazine rings is 4. The van der Waals surface area contributed by atoms with Gasteiger partial charge in [-0.3, -0.25) is 59.1 Å². The Morgan fingerprint density at radius 1 is 0.289 bits per heavy atom. The van der Waals surface area contributed by atoms with Gasteiger partial charge in [-0.05, 0) is 70.8 Å². The highest BCUT2D eigenvalue weighted by atomic mass is 16.5. The molecule has 0 aliphatic carbocycles. The van der Waals surface area contributed by atoms with E-state index >= 15 is 0 Å². The van der Waals surface area contributed by atoms with Crippen LogP contribution in [0.5, 0.6) is 23.0 Å². The maximum absolute atomic E-state index is 12.0. The van der Waals surface area contributed by atoms with Crippen LogP contribution in [0.15, 0.2) is 147 Å². The van der Waals surface area contributed by atoms with E-state index in [2.05, 4.69) is 59.1 Å². The van der Waals surface area contributed by atoms with Crippen LogP contribution in [0.2, 0.25) is 0 Å². The maximum atomic E-state index is 12.0. The van der Waals surface area contributed by atoms with Crippen molar-refractivity contribution >= 4 is 23.9 Å². The lowest BCUT2D eigenvalue weighted by Crippen LogP contribution is -2.46. The molecule has 4 saturated heterocycles. The van der Waals surface area contributed by atoms with Crippen LogP contribution in [0.4, 0.5) is 0 Å². The lowest BCUT2D eigenvalue weighted by Gasteiger charge is -2.35. The number of aliphatic hydroxyl groups is 9. The fourth-order valence-corrected chi connectivity index (χ4v) is 14.5. The normalized spacial score (nSPS) is 15.0. The Balaban J connectivity index is 0.000000195. The number of ether oxygens (including phenoxy) is 7. The summed E-state index contributed by atoms with van der Waals surface area (Å²) >= 11 is 0. The smallest absolute Gasteiger partial charge is 0.339 e. The zero-order valence-corrected chi connectivity index (χ0v) is 69.6. The van der Waals surface area contributed by atoms with Crippen molar-refractivity contribution in [2.24, 2.45) is 0 Å². The summed E-state index contributed by atoms with van der Waals surface area (Å²) in [6.45, 7) is 20.2. The van der Waals surface area contributed by atoms with Gasteiger partial charge in [0.15, 0.2) is 0 Å². The third-order valence-corrected chi connectivity index (χ3v) is 21.3. The van der Waals surface area contributed by atoms with Gasteiger partial charge in [-0.25, -0.2) is 19.2 Å². The van der Waals surface area contributed by atoms with Crippen LogP contribution >= 0.6 is 0 Å². The van der Waals surface area contributed by atoms with E-state index < -0.39 is 5.97 Å². The van der Waals surface area contributed by atoms with Crippen molar-refractivity contribution in [3.05, 3.63) is 236 Å². The number of rotatable bonds is 35. The molecule has 121 heavy (non-hydrogen) atoms. The molecule has 10 N–H and O–H groups in total. The first-order valence-electron chi connectivity index (χ1n) is 40.3. The molecule has 4 aliphatic heterocycles. The van der Waals surface area contributed by atoms with Crippen LogP contribution < -0.4 is 18.9 Å². The molecular formula is C88H118N12O21. The number of nitrogens with zero attached hydrogens (tertiary/aromatic N) is 12. The number of carbonyl (C=O) groups excluding carboxylic acids is 3. The summed E-state index contributed by atoms with van der Waals surface area (Å²) in [6, 6.07) is 28.5. The van der Waals surface area contributed by atoms with Gasteiger partial charge in [0.25, 0.3) is 0 Å². The Labute approximate surface area is 706 Å². The number of hydrogen-bond acceptors (Lipinski definition) is 32. The Hall–Kier alpha value is -10.1. The Morgan fingerprint density at radius 2 is 0.504 bits per heavy atom. The first-order chi connectivity index (χ1) is 59.0. The lowest BCUT2D eigenvalue weighted by atomic mass is 10.0. The molecule has 4 aliphatic rings. The summed E-state index contributed by atoms with van der Waals surface area (Å²) in [5.41, 5.74) is 11.0. The van der Waals surface area contributed by atoms with Gasteiger partial charge in [-0.2, -0.15) is 0 Å². The predicted octanol–water partition coefficient (Wildman–Crippen LogP) is 3.72. The molecule has 4 aromatic heterocycles. The number of methoxy groups -OCH3 is 4. The van der Waals surface area contributed by atoms with Crippen molar-refractivity contribution in [3.8, 4) is 23.0 Å². The fraction of sp³-hybridized carbons (Fsp3) is 0.455. The maximum Gasteiger partial charge on any atom is 0.339 e. The number of benzene rings is 4. The van der Waals surface area contributed by atoms with Gasteiger partial charge >= 0.3 is 23.9 Å². The minimum absolute atomic E-state index is 0.105. The second-order valence-corrected chi connectivity index (χ2v) is 28.7. The van der Waals surface area contributed by atoms with Gasteiger partial charge in [0.05, 0.1) is 110 Å². The zero-order valence-electron chi connectivity index (χ0n) is 69.6. The highest BCUT2D eigenvalue weighted by Gasteiger charge is 2.27. The van der Waals surface area contributed by atoms with E-state index in [-0.39, 0.29) is 82.9 Å². The third-order valence-electron chi connectivity index (χ3n) is 21.3. The van der Waals surface area contributed by atoms with Gasteiger partial charge in [-0.15, -0.1) is 0 Å². The van der Waals surface area contributed by atoms with Crippen LogP contribution in [0.1, 0.15) is 108 Å². The molecule has 0 atom stereocenters. The molecule has 12 rings (SSSR count). The van der Waals surface area contributed by atoms with Crippen LogP contribution in [0.25, 0.3) is 0 Å². The summed E-state index contributed by atoms with van der Waals surface area (Å²) in [6.07, 6.45) is 12.2. The van der Waals surface area contributed by atoms with Gasteiger partial charge in [0.1, 0.15) is 42.8 Å². The largest absolute Gasteiger partial charge is 0.496 e. The van der Waals surface area contributed by atoms with Gasteiger partial charge < -0.3 is 84.2 Å². The minimum Gasteiger partial charge on any atom is -0.496 e. The quantitative estimate of drug-likeness (QED) is 0.0200. The molecule has 0 saturated carbocycles. The number of carbonyl (C=O) groups is 4. The molecule has 0 amide bonds. The van der Waals surface area contributed by atoms with E-state index in [1.165, 1.54) is 37.1 Å². The Bertz CT molecular complexity index is 4060. The first kappa shape index (κ1) is 96.3. The van der Waals surface area contributed by atoms with E-state index in [1.807, 2.05) is 48.5 Å². The number of β-amino-alcohol motifs (C(OH)–C–C–N with tert-alkyl or cyclic N) is 1. The van der Waals surface area contributed by atoms with Crippen molar-refractivity contribution < 1.29 is 103 Å². The van der Waals surface area contributed by atoms with E-state index in [1.54, 1.807) is 89.5 Å². The molecule has 33 heteroatoms. The molecule has 0 bridgehead atoms. The highest BCUT2D eigenvalue weighted by molar-refractivity contribution is 5.90. The average molecular weight is 1680 g/mol. The van der Waals surface area contributed by atoms with E-state index in [9.17, 15) is 60.0 Å². The van der Waals surface area contributed by atoms with E-state index in [4.69, 9.17) is 43.4 Å². The highest BCUT2D eigenvalue weighted by Crippen LogP contribution is 2.34. The molecule has 4 fully saturated rings. The van der Waals surface area contributed by atoms with Crippen molar-refractivity contribution in [2.75, 3.05) is 186 Å². The van der Waals surface area contributed by atoms with Crippen molar-refractivity contribution in [1.82, 2.24) is 59.1 Å². The molecule has 656 valence electrons. The molecule has 0 radical (unpaired) electrons. The molecule has 33 nitrogen and oxygen atoms in total. The van der Waals surface area contributed by atoms with Crippen LogP contribution in [0.3, 0.4) is 0 Å².